The van der Waals surface area contributed by atoms with E-state index in [-0.39, 0.29) is 5.91 Å². The van der Waals surface area contributed by atoms with Gasteiger partial charge in [0.15, 0.2) is 5.82 Å². The Balaban J connectivity index is 1.40. The number of hydrogen-bond acceptors (Lipinski definition) is 9. The van der Waals surface area contributed by atoms with Crippen LogP contribution in [0.1, 0.15) is 5.56 Å². The van der Waals surface area contributed by atoms with Crippen molar-refractivity contribution in [3.8, 4) is 11.4 Å². The number of amides is 1. The topological polar surface area (TPSA) is 129 Å². The van der Waals surface area contributed by atoms with E-state index in [0.717, 1.165) is 34.6 Å². The number of carbonyl (C=O) groups excluding carboxylic acids is 1. The van der Waals surface area contributed by atoms with Gasteiger partial charge in [0.05, 0.1) is 25.1 Å². The van der Waals surface area contributed by atoms with Crippen molar-refractivity contribution < 1.29 is 9.53 Å². The van der Waals surface area contributed by atoms with E-state index in [1.807, 2.05) is 47.8 Å². The van der Waals surface area contributed by atoms with Crippen molar-refractivity contribution >= 4 is 56.6 Å². The highest BCUT2D eigenvalue weighted by molar-refractivity contribution is 7.16. The number of nitrogen functional groups attached to an aromatic ring is 1. The second-order valence-corrected chi connectivity index (χ2v) is 9.06. The summed E-state index contributed by atoms with van der Waals surface area (Å²) in [6.45, 7) is 3.15. The molecule has 0 bridgehead atoms. The van der Waals surface area contributed by atoms with Gasteiger partial charge in [0.2, 0.25) is 5.91 Å². The van der Waals surface area contributed by atoms with Crippen LogP contribution in [0, 0.1) is 5.41 Å². The Morgan fingerprint density at radius 3 is 2.83 bits per heavy atom. The molecule has 0 atom stereocenters. The van der Waals surface area contributed by atoms with Crippen molar-refractivity contribution in [2.75, 3.05) is 49.2 Å². The highest BCUT2D eigenvalue weighted by Gasteiger charge is 2.15. The van der Waals surface area contributed by atoms with E-state index in [1.165, 1.54) is 17.6 Å². The number of rotatable bonds is 7. The highest BCUT2D eigenvalue weighted by atomic mass is 32.1. The maximum atomic E-state index is 12.5. The maximum Gasteiger partial charge on any atom is 0.238 e. The number of nitrogens with zero attached hydrogens (tertiary/aromatic N) is 3. The van der Waals surface area contributed by atoms with Crippen LogP contribution in [0.15, 0.2) is 53.9 Å². The van der Waals surface area contributed by atoms with E-state index >= 15 is 0 Å². The Morgan fingerprint density at radius 2 is 2.00 bits per heavy atom. The van der Waals surface area contributed by atoms with E-state index in [1.54, 1.807) is 6.07 Å². The van der Waals surface area contributed by atoms with Crippen LogP contribution in [-0.4, -0.2) is 59.8 Å². The number of nitrogens with one attached hydrogen (secondary N) is 3. The molecule has 178 valence electrons. The van der Waals surface area contributed by atoms with Gasteiger partial charge in [-0.15, -0.1) is 11.3 Å². The third kappa shape index (κ3) is 5.29. The number of ether oxygens (including phenoxy) is 1. The summed E-state index contributed by atoms with van der Waals surface area (Å²) in [5.41, 5.74) is 9.37. The highest BCUT2D eigenvalue weighted by Crippen LogP contribution is 2.31. The minimum absolute atomic E-state index is 0.0635. The van der Waals surface area contributed by atoms with Gasteiger partial charge in [-0.3, -0.25) is 9.69 Å². The van der Waals surface area contributed by atoms with E-state index in [4.69, 9.17) is 25.8 Å². The lowest BCUT2D eigenvalue weighted by Crippen LogP contribution is -2.41. The number of nitrogens with two attached hydrogens (primary N) is 1. The van der Waals surface area contributed by atoms with Gasteiger partial charge in [-0.25, -0.2) is 9.97 Å². The molecule has 4 aromatic rings. The summed E-state index contributed by atoms with van der Waals surface area (Å²) in [7, 11) is 0. The molecule has 35 heavy (non-hydrogen) atoms. The summed E-state index contributed by atoms with van der Waals surface area (Å²) >= 11 is 1.53. The zero-order valence-electron chi connectivity index (χ0n) is 19.0. The summed E-state index contributed by atoms with van der Waals surface area (Å²) in [5, 5.41) is 16.8. The molecule has 2 aromatic heterocycles. The van der Waals surface area contributed by atoms with Crippen LogP contribution in [0.5, 0.6) is 0 Å². The Kier molecular flexibility index (Phi) is 6.66. The largest absolute Gasteiger partial charge is 0.398 e. The lowest BCUT2D eigenvalue weighted by molar-refractivity contribution is -0.118. The van der Waals surface area contributed by atoms with Gasteiger partial charge >= 0.3 is 0 Å². The van der Waals surface area contributed by atoms with Crippen LogP contribution in [0.4, 0.5) is 22.9 Å². The van der Waals surface area contributed by atoms with Crippen LogP contribution in [-0.2, 0) is 9.53 Å². The summed E-state index contributed by atoms with van der Waals surface area (Å²) in [6, 6.07) is 14.9. The molecular formula is C25H25N7O2S. The summed E-state index contributed by atoms with van der Waals surface area (Å²) in [4.78, 5) is 25.0. The van der Waals surface area contributed by atoms with Crippen LogP contribution < -0.4 is 16.4 Å². The van der Waals surface area contributed by atoms with Crippen molar-refractivity contribution in [2.45, 2.75) is 0 Å². The van der Waals surface area contributed by atoms with Crippen molar-refractivity contribution in [2.24, 2.45) is 0 Å². The SMILES string of the molecule is N=Cc1cc(Nc2nc(-c3cccc(NC(=O)CN4CCOCC4)c3)nc3sccc23)ccc1N. The van der Waals surface area contributed by atoms with Gasteiger partial charge in [-0.05, 0) is 41.8 Å². The zero-order chi connectivity index (χ0) is 24.2. The molecule has 2 aromatic carbocycles. The quantitative estimate of drug-likeness (QED) is 0.229. The molecule has 9 nitrogen and oxygen atoms in total. The van der Waals surface area contributed by atoms with E-state index in [0.29, 0.717) is 48.3 Å². The Morgan fingerprint density at radius 1 is 1.14 bits per heavy atom. The van der Waals surface area contributed by atoms with Gasteiger partial charge in [0, 0.05) is 47.5 Å². The number of anilines is 4. The molecular weight excluding hydrogens is 462 g/mol. The van der Waals surface area contributed by atoms with Gasteiger partial charge in [-0.1, -0.05) is 12.1 Å². The monoisotopic (exact) mass is 487 g/mol. The van der Waals surface area contributed by atoms with Crippen LogP contribution in [0.3, 0.4) is 0 Å². The molecule has 0 radical (unpaired) electrons. The van der Waals surface area contributed by atoms with Crippen molar-refractivity contribution in [3.63, 3.8) is 0 Å². The standard InChI is InChI=1S/C25H25N7O2S/c26-14-17-13-19(4-5-21(17)27)29-24-20-6-11-35-25(20)31-23(30-24)16-2-1-3-18(12-16)28-22(33)15-32-7-9-34-10-8-32/h1-6,11-14,26H,7-10,15,27H2,(H,28,33)(H,29,30,31). The van der Waals surface area contributed by atoms with Crippen LogP contribution >= 0.6 is 11.3 Å². The fourth-order valence-electron chi connectivity index (χ4n) is 3.89. The Labute approximate surface area is 206 Å². The molecule has 3 heterocycles. The minimum atomic E-state index is -0.0635. The normalized spacial score (nSPS) is 14.1. The molecule has 0 spiro atoms. The van der Waals surface area contributed by atoms with Crippen molar-refractivity contribution in [3.05, 3.63) is 59.5 Å². The molecule has 0 unspecified atom stereocenters. The predicted octanol–water partition coefficient (Wildman–Crippen LogP) is 3.95. The number of thiophene rings is 1. The second-order valence-electron chi connectivity index (χ2n) is 8.17. The van der Waals surface area contributed by atoms with E-state index < -0.39 is 0 Å². The van der Waals surface area contributed by atoms with Gasteiger partial charge in [0.1, 0.15) is 10.6 Å². The molecule has 1 aliphatic heterocycles. The smallest absolute Gasteiger partial charge is 0.238 e. The average Bonchev–Trinajstić information content (AvgIpc) is 3.35. The van der Waals surface area contributed by atoms with Crippen LogP contribution in [0.2, 0.25) is 0 Å². The van der Waals surface area contributed by atoms with Crippen LogP contribution in [0.25, 0.3) is 21.6 Å². The number of morpholine rings is 1. The first kappa shape index (κ1) is 22.9. The fourth-order valence-corrected chi connectivity index (χ4v) is 4.66. The van der Waals surface area contributed by atoms with E-state index in [9.17, 15) is 4.79 Å². The molecule has 1 aliphatic rings. The van der Waals surface area contributed by atoms with E-state index in [2.05, 4.69) is 15.5 Å². The number of hydrogen-bond donors (Lipinski definition) is 4. The number of carbonyl (C=O) groups is 1. The minimum Gasteiger partial charge on any atom is -0.398 e. The third-order valence-corrected chi connectivity index (χ3v) is 6.51. The first-order chi connectivity index (χ1) is 17.1. The number of fused-ring (bicyclic) bond motifs is 1. The average molecular weight is 488 g/mol. The van der Waals surface area contributed by atoms with Crippen molar-refractivity contribution in [1.82, 2.24) is 14.9 Å². The molecule has 1 saturated heterocycles. The zero-order valence-corrected chi connectivity index (χ0v) is 19.8. The van der Waals surface area contributed by atoms with Gasteiger partial charge < -0.3 is 26.5 Å². The fraction of sp³-hybridized carbons (Fsp3) is 0.200. The predicted molar refractivity (Wildman–Crippen MR) is 141 cm³/mol. The summed E-state index contributed by atoms with van der Waals surface area (Å²) in [6.07, 6.45) is 1.23. The first-order valence-electron chi connectivity index (χ1n) is 11.2. The second kappa shape index (κ2) is 10.2. The number of benzene rings is 2. The first-order valence-corrected chi connectivity index (χ1v) is 12.1. The summed E-state index contributed by atoms with van der Waals surface area (Å²) < 4.78 is 5.35. The molecule has 5 N–H and O–H groups in total. The maximum absolute atomic E-state index is 12.5. The molecule has 0 aliphatic carbocycles. The molecule has 10 heteroatoms. The lowest BCUT2D eigenvalue weighted by Gasteiger charge is -2.25. The molecule has 1 fully saturated rings. The van der Waals surface area contributed by atoms with Gasteiger partial charge in [0.25, 0.3) is 0 Å². The van der Waals surface area contributed by atoms with Gasteiger partial charge in [-0.2, -0.15) is 0 Å². The lowest BCUT2D eigenvalue weighted by atomic mass is 10.1. The molecule has 5 rings (SSSR count). The third-order valence-electron chi connectivity index (χ3n) is 5.71. The molecule has 1 amide bonds. The Bertz CT molecular complexity index is 1380. The Hall–Kier alpha value is -3.86. The van der Waals surface area contributed by atoms with Crippen molar-refractivity contribution in [1.29, 1.82) is 5.41 Å². The summed E-state index contributed by atoms with van der Waals surface area (Å²) in [5.74, 6) is 1.15. The molecule has 0 saturated carbocycles. The number of aromatic nitrogens is 2.